The quantitative estimate of drug-likeness (QED) is 0.351. The van der Waals surface area contributed by atoms with Crippen LogP contribution in [-0.2, 0) is 14.3 Å². The highest BCUT2D eigenvalue weighted by Crippen LogP contribution is 2.38. The van der Waals surface area contributed by atoms with Gasteiger partial charge in [0.2, 0.25) is 0 Å². The second kappa shape index (κ2) is 12.9. The summed E-state index contributed by atoms with van der Waals surface area (Å²) in [6.45, 7) is 9.12. The van der Waals surface area contributed by atoms with Gasteiger partial charge in [0.05, 0.1) is 12.2 Å². The summed E-state index contributed by atoms with van der Waals surface area (Å²) in [5.41, 5.74) is -0.372. The minimum atomic E-state index is -0.372. The van der Waals surface area contributed by atoms with Crippen molar-refractivity contribution >= 4 is 5.97 Å². The van der Waals surface area contributed by atoms with Crippen LogP contribution in [0.5, 0.6) is 0 Å². The lowest BCUT2D eigenvalue weighted by Gasteiger charge is -2.37. The molecule has 0 aliphatic heterocycles. The van der Waals surface area contributed by atoms with Gasteiger partial charge in [-0.3, -0.25) is 0 Å². The molecule has 0 spiro atoms. The molecule has 2 atom stereocenters. The Morgan fingerprint density at radius 1 is 0.818 bits per heavy atom. The Bertz CT molecular complexity index is 566. The first-order valence-electron chi connectivity index (χ1n) is 14.3. The van der Waals surface area contributed by atoms with Gasteiger partial charge in [-0.25, -0.2) is 4.79 Å². The predicted octanol–water partition coefficient (Wildman–Crippen LogP) is 7.07. The van der Waals surface area contributed by atoms with Crippen LogP contribution in [0.2, 0.25) is 0 Å². The highest BCUT2D eigenvalue weighted by atomic mass is 16.6. The summed E-state index contributed by atoms with van der Waals surface area (Å²) in [5, 5.41) is 9.75. The highest BCUT2D eigenvalue weighted by Gasteiger charge is 2.34. The smallest absolute Gasteiger partial charge is 0.332 e. The van der Waals surface area contributed by atoms with Crippen molar-refractivity contribution in [1.82, 2.24) is 0 Å². The monoisotopic (exact) mass is 464 g/mol. The van der Waals surface area contributed by atoms with Gasteiger partial charge in [-0.05, 0) is 108 Å². The van der Waals surface area contributed by atoms with Crippen molar-refractivity contribution in [2.45, 2.75) is 142 Å². The first-order valence-corrected chi connectivity index (χ1v) is 14.3. The number of aliphatic hydroxyl groups is 1. The van der Waals surface area contributed by atoms with Crippen LogP contribution in [0.4, 0.5) is 0 Å². The van der Waals surface area contributed by atoms with Crippen molar-refractivity contribution in [3.63, 3.8) is 0 Å². The van der Waals surface area contributed by atoms with Gasteiger partial charge < -0.3 is 14.6 Å². The van der Waals surface area contributed by atoms with Crippen molar-refractivity contribution in [2.75, 3.05) is 6.61 Å². The van der Waals surface area contributed by atoms with Crippen molar-refractivity contribution in [3.8, 4) is 0 Å². The number of aliphatic hydroxyl groups excluding tert-OH is 1. The second-order valence-corrected chi connectivity index (χ2v) is 12.4. The number of esters is 1. The molecule has 3 rings (SSSR count). The largest absolute Gasteiger partial charge is 0.458 e. The van der Waals surface area contributed by atoms with E-state index in [1.54, 1.807) is 0 Å². The van der Waals surface area contributed by atoms with E-state index in [4.69, 9.17) is 9.47 Å². The molecule has 0 bridgehead atoms. The van der Waals surface area contributed by atoms with Crippen LogP contribution < -0.4 is 0 Å². The lowest BCUT2D eigenvalue weighted by molar-refractivity contribution is -0.171. The number of carbonyl (C=O) groups excluding carboxylic acids is 1. The molecule has 0 aromatic heterocycles. The fraction of sp³-hybridized carbons (Fsp3) is 0.966. The number of hydrogen-bond donors (Lipinski definition) is 1. The van der Waals surface area contributed by atoms with E-state index in [1.807, 2.05) is 0 Å². The third-order valence-corrected chi connectivity index (χ3v) is 9.55. The molecular formula is C29H52O4. The fourth-order valence-corrected chi connectivity index (χ4v) is 6.88. The van der Waals surface area contributed by atoms with Crippen molar-refractivity contribution in [2.24, 2.45) is 29.6 Å². The Balaban J connectivity index is 1.29. The van der Waals surface area contributed by atoms with Gasteiger partial charge in [-0.1, -0.05) is 46.0 Å². The van der Waals surface area contributed by atoms with Crippen LogP contribution in [0.25, 0.3) is 0 Å². The van der Waals surface area contributed by atoms with Gasteiger partial charge in [0.25, 0.3) is 0 Å². The molecule has 0 saturated heterocycles. The molecule has 0 amide bonds. The lowest BCUT2D eigenvalue weighted by atomic mass is 9.74. The van der Waals surface area contributed by atoms with E-state index >= 15 is 0 Å². The van der Waals surface area contributed by atoms with Crippen molar-refractivity contribution in [1.29, 1.82) is 0 Å². The van der Waals surface area contributed by atoms with E-state index < -0.39 is 0 Å². The summed E-state index contributed by atoms with van der Waals surface area (Å²) in [6.07, 6.45) is 18.0. The number of hydrogen-bond acceptors (Lipinski definition) is 4. The molecule has 3 saturated carbocycles. The average molecular weight is 465 g/mol. The van der Waals surface area contributed by atoms with Crippen LogP contribution in [0.15, 0.2) is 0 Å². The third kappa shape index (κ3) is 8.53. The zero-order valence-corrected chi connectivity index (χ0v) is 22.0. The molecule has 0 heterocycles. The zero-order valence-electron chi connectivity index (χ0n) is 22.0. The minimum Gasteiger partial charge on any atom is -0.458 e. The van der Waals surface area contributed by atoms with Gasteiger partial charge in [0.15, 0.2) is 0 Å². The summed E-state index contributed by atoms with van der Waals surface area (Å²) in [6, 6.07) is 0. The van der Waals surface area contributed by atoms with Gasteiger partial charge in [0.1, 0.15) is 12.2 Å². The summed E-state index contributed by atoms with van der Waals surface area (Å²) in [7, 11) is 0. The lowest BCUT2D eigenvalue weighted by Crippen LogP contribution is -2.39. The van der Waals surface area contributed by atoms with Gasteiger partial charge >= 0.3 is 5.97 Å². The molecule has 33 heavy (non-hydrogen) atoms. The molecule has 3 fully saturated rings. The third-order valence-electron chi connectivity index (χ3n) is 9.55. The Hall–Kier alpha value is -0.610. The molecule has 0 aromatic rings. The van der Waals surface area contributed by atoms with E-state index in [-0.39, 0.29) is 30.4 Å². The zero-order chi connectivity index (χ0) is 23.8. The standard InChI is InChI=1S/C29H52O4/c1-21(23-12-16-26(30)17-13-23)10-11-22(2)24-14-18-27(19-15-24)32-20-28(31)33-29(3,4)25-8-6-5-7-9-25/h21-27,30H,5-20H2,1-4H3. The Morgan fingerprint density at radius 2 is 1.33 bits per heavy atom. The molecule has 1 N–H and O–H groups in total. The maximum absolute atomic E-state index is 12.5. The average Bonchev–Trinajstić information content (AvgIpc) is 2.82. The number of carbonyl (C=O) groups is 1. The topological polar surface area (TPSA) is 55.8 Å². The first-order chi connectivity index (χ1) is 15.7. The SMILES string of the molecule is CC(CCC(C)C1CCC(OCC(=O)OC(C)(C)C2CCCCC2)CC1)C1CCC(O)CC1. The molecule has 0 radical (unpaired) electrons. The van der Waals surface area contributed by atoms with E-state index in [9.17, 15) is 9.90 Å². The normalized spacial score (nSPS) is 31.7. The summed E-state index contributed by atoms with van der Waals surface area (Å²) in [4.78, 5) is 12.5. The van der Waals surface area contributed by atoms with Gasteiger partial charge in [-0.15, -0.1) is 0 Å². The highest BCUT2D eigenvalue weighted by molar-refractivity contribution is 5.71. The van der Waals surface area contributed by atoms with Crippen LogP contribution >= 0.6 is 0 Å². The molecule has 0 aromatic carbocycles. The molecule has 4 nitrogen and oxygen atoms in total. The Morgan fingerprint density at radius 3 is 1.88 bits per heavy atom. The predicted molar refractivity (Wildman–Crippen MR) is 134 cm³/mol. The molecule has 2 unspecified atom stereocenters. The molecule has 3 aliphatic carbocycles. The van der Waals surface area contributed by atoms with E-state index in [0.29, 0.717) is 5.92 Å². The summed E-state index contributed by atoms with van der Waals surface area (Å²) < 4.78 is 11.9. The minimum absolute atomic E-state index is 0.0463. The van der Waals surface area contributed by atoms with Crippen LogP contribution in [0, 0.1) is 29.6 Å². The number of rotatable bonds is 10. The second-order valence-electron chi connectivity index (χ2n) is 12.4. The van der Waals surface area contributed by atoms with Gasteiger partial charge in [0, 0.05) is 0 Å². The van der Waals surface area contributed by atoms with E-state index in [2.05, 4.69) is 27.7 Å². The maximum Gasteiger partial charge on any atom is 0.332 e. The van der Waals surface area contributed by atoms with Gasteiger partial charge in [-0.2, -0.15) is 0 Å². The Labute approximate surface area is 203 Å². The van der Waals surface area contributed by atoms with Crippen LogP contribution in [0.3, 0.4) is 0 Å². The first kappa shape index (κ1) is 27.0. The van der Waals surface area contributed by atoms with Crippen molar-refractivity contribution < 1.29 is 19.4 Å². The molecule has 3 aliphatic rings. The Kier molecular flexibility index (Phi) is 10.6. The molecular weight excluding hydrogens is 412 g/mol. The van der Waals surface area contributed by atoms with Crippen LogP contribution in [-0.4, -0.2) is 35.5 Å². The molecule has 4 heteroatoms. The maximum atomic E-state index is 12.5. The van der Waals surface area contributed by atoms with Crippen molar-refractivity contribution in [3.05, 3.63) is 0 Å². The molecule has 192 valence electrons. The van der Waals surface area contributed by atoms with E-state index in [0.717, 1.165) is 49.4 Å². The van der Waals surface area contributed by atoms with E-state index in [1.165, 1.54) is 70.6 Å². The summed E-state index contributed by atoms with van der Waals surface area (Å²) in [5.74, 6) is 3.45. The van der Waals surface area contributed by atoms with Crippen LogP contribution in [0.1, 0.15) is 124 Å². The summed E-state index contributed by atoms with van der Waals surface area (Å²) >= 11 is 0. The fourth-order valence-electron chi connectivity index (χ4n) is 6.88. The number of ether oxygens (including phenoxy) is 2.